The maximum atomic E-state index is 11.4. The van der Waals surface area contributed by atoms with E-state index in [0.717, 1.165) is 17.3 Å². The van der Waals surface area contributed by atoms with Crippen LogP contribution in [0.5, 0.6) is 5.75 Å². The molecule has 0 unspecified atom stereocenters. The Hall–Kier alpha value is -2.41. The van der Waals surface area contributed by atoms with Gasteiger partial charge in [-0.1, -0.05) is 0 Å². The molecule has 0 heterocycles. The van der Waals surface area contributed by atoms with Gasteiger partial charge in [-0.2, -0.15) is 0 Å². The van der Waals surface area contributed by atoms with Gasteiger partial charge >= 0.3 is 226 Å². The first-order valence-electron chi connectivity index (χ1n) is 12.6. The summed E-state index contributed by atoms with van der Waals surface area (Å²) in [5, 5.41) is 12.1. The van der Waals surface area contributed by atoms with E-state index in [0.29, 0.717) is 5.75 Å². The van der Waals surface area contributed by atoms with Gasteiger partial charge in [0.2, 0.25) is 0 Å². The summed E-state index contributed by atoms with van der Waals surface area (Å²) in [6.45, 7) is 13.1. The van der Waals surface area contributed by atoms with E-state index in [9.17, 15) is 5.11 Å². The summed E-state index contributed by atoms with van der Waals surface area (Å²) in [6.07, 6.45) is 0.802. The summed E-state index contributed by atoms with van der Waals surface area (Å²) in [6, 6.07) is 37.2. The molecule has 0 radical (unpaired) electrons. The van der Waals surface area contributed by atoms with Gasteiger partial charge in [0, 0.05) is 0 Å². The van der Waals surface area contributed by atoms with Crippen LogP contribution in [-0.4, -0.2) is 5.11 Å². The first-order chi connectivity index (χ1) is 16.9. The average Bonchev–Trinajstić information content (AvgIpc) is 2.85. The Morgan fingerprint density at radius 3 is 1.17 bits per heavy atom. The van der Waals surface area contributed by atoms with Gasteiger partial charge in [0.25, 0.3) is 0 Å². The van der Waals surface area contributed by atoms with Crippen LogP contribution in [0, 0.1) is 0 Å². The zero-order valence-electron chi connectivity index (χ0n) is 22.3. The zero-order valence-corrected chi connectivity index (χ0v) is 24.8. The van der Waals surface area contributed by atoms with Crippen molar-refractivity contribution in [2.45, 2.75) is 58.5 Å². The molecule has 4 aromatic rings. The van der Waals surface area contributed by atoms with Gasteiger partial charge < -0.3 is 0 Å². The molecular formula is C33H38BrOP. The first kappa shape index (κ1) is 26.6. The quantitative estimate of drug-likeness (QED) is 0.243. The minimum absolute atomic E-state index is 0.185. The fourth-order valence-corrected chi connectivity index (χ4v) is 12.9. The second-order valence-electron chi connectivity index (χ2n) is 11.9. The fraction of sp³-hybridized carbons (Fsp3) is 0.273. The maximum absolute atomic E-state index is 11.4. The summed E-state index contributed by atoms with van der Waals surface area (Å²) < 4.78 is 0. The Bertz CT molecular complexity index is 1200. The van der Waals surface area contributed by atoms with Gasteiger partial charge in [-0.25, -0.2) is 0 Å². The van der Waals surface area contributed by atoms with Gasteiger partial charge in [-0.05, 0) is 0 Å². The molecule has 0 aliphatic rings. The van der Waals surface area contributed by atoms with Crippen molar-refractivity contribution in [3.05, 3.63) is 120 Å². The van der Waals surface area contributed by atoms with Crippen LogP contribution in [0.25, 0.3) is 0 Å². The van der Waals surface area contributed by atoms with Crippen LogP contribution >= 0.6 is 20.8 Å². The Morgan fingerprint density at radius 2 is 0.889 bits per heavy atom. The van der Waals surface area contributed by atoms with Gasteiger partial charge in [0.05, 0.1) is 0 Å². The average molecular weight is 562 g/mol. The summed E-state index contributed by atoms with van der Waals surface area (Å²) >= 11 is 4.59. The van der Waals surface area contributed by atoms with E-state index in [1.54, 1.807) is 0 Å². The molecule has 188 valence electrons. The molecule has 0 saturated heterocycles. The van der Waals surface area contributed by atoms with Gasteiger partial charge in [0.1, 0.15) is 0 Å². The monoisotopic (exact) mass is 560 g/mol. The molecule has 0 bridgehead atoms. The van der Waals surface area contributed by atoms with Gasteiger partial charge in [0.15, 0.2) is 0 Å². The molecule has 0 atom stereocenters. The van der Waals surface area contributed by atoms with Gasteiger partial charge in [-0.15, -0.1) is 0 Å². The van der Waals surface area contributed by atoms with Crippen LogP contribution in [-0.2, 0) is 17.0 Å². The van der Waals surface area contributed by atoms with Crippen LogP contribution in [0.15, 0.2) is 103 Å². The number of aromatic hydroxyl groups is 1. The molecule has 0 aliphatic heterocycles. The Morgan fingerprint density at radius 1 is 0.583 bits per heavy atom. The van der Waals surface area contributed by atoms with Crippen LogP contribution in [0.4, 0.5) is 0 Å². The molecule has 36 heavy (non-hydrogen) atoms. The zero-order chi connectivity index (χ0) is 26.2. The van der Waals surface area contributed by atoms with Crippen LogP contribution in [0.2, 0.25) is 0 Å². The van der Waals surface area contributed by atoms with Crippen LogP contribution < -0.4 is 15.9 Å². The Labute approximate surface area is 225 Å². The molecule has 0 spiro atoms. The van der Waals surface area contributed by atoms with E-state index in [2.05, 4.69) is 160 Å². The summed E-state index contributed by atoms with van der Waals surface area (Å²) in [5.41, 5.74) is 2.85. The molecule has 1 nitrogen and oxygen atoms in total. The van der Waals surface area contributed by atoms with Crippen molar-refractivity contribution < 1.29 is 5.11 Å². The van der Waals surface area contributed by atoms with Crippen molar-refractivity contribution in [2.24, 2.45) is 0 Å². The molecule has 1 N–H and O–H groups in total. The van der Waals surface area contributed by atoms with Crippen LogP contribution in [0.3, 0.4) is 0 Å². The third kappa shape index (κ3) is 4.67. The van der Waals surface area contributed by atoms with Gasteiger partial charge in [-0.3, -0.25) is 0 Å². The van der Waals surface area contributed by atoms with E-state index < -0.39 is 5.31 Å². The predicted octanol–water partition coefficient (Wildman–Crippen LogP) is 8.33. The molecule has 0 aliphatic carbocycles. The number of benzene rings is 4. The third-order valence-electron chi connectivity index (χ3n) is 7.15. The third-order valence-corrected chi connectivity index (χ3v) is 16.7. The second kappa shape index (κ2) is 9.47. The van der Waals surface area contributed by atoms with Crippen molar-refractivity contribution >= 4 is 36.7 Å². The number of phenols is 1. The van der Waals surface area contributed by atoms with Crippen LogP contribution in [0.1, 0.15) is 58.2 Å². The topological polar surface area (TPSA) is 20.2 Å². The van der Waals surface area contributed by atoms with Crippen molar-refractivity contribution in [2.75, 3.05) is 0 Å². The first-order valence-corrected chi connectivity index (χ1v) is 17.1. The number of hydrogen-bond acceptors (Lipinski definition) is 1. The molecule has 3 heteroatoms. The minimum atomic E-state index is -3.14. The van der Waals surface area contributed by atoms with E-state index in [-0.39, 0.29) is 10.8 Å². The molecule has 0 aromatic heterocycles. The normalized spacial score (nSPS) is 13.7. The van der Waals surface area contributed by atoms with Crippen molar-refractivity contribution in [3.63, 3.8) is 0 Å². The van der Waals surface area contributed by atoms with Crippen molar-refractivity contribution in [1.82, 2.24) is 0 Å². The standard InChI is InChI=1S/C33H38BrOP/c1-32(2,3)29-22-25(23-30(31(29)35)33(4,5)6)24-36(34,26-16-10-7-11-17-26,27-18-12-8-13-19-27)28-20-14-9-15-21-28/h7-23,35H,24H2,1-6H3. The molecule has 4 aromatic carbocycles. The van der Waals surface area contributed by atoms with E-state index in [1.165, 1.54) is 21.5 Å². The fourth-order valence-electron chi connectivity index (χ4n) is 5.21. The molecule has 0 saturated carbocycles. The second-order valence-corrected chi connectivity index (χ2v) is 20.8. The molecule has 0 amide bonds. The summed E-state index contributed by atoms with van der Waals surface area (Å²) in [4.78, 5) is 0. The number of halogens is 1. The Balaban J connectivity index is 2.12. The van der Waals surface area contributed by atoms with Crippen molar-refractivity contribution in [1.29, 1.82) is 0 Å². The predicted molar refractivity (Wildman–Crippen MR) is 163 cm³/mol. The van der Waals surface area contributed by atoms with E-state index in [4.69, 9.17) is 0 Å². The number of phenolic OH excluding ortho intramolecular Hbond substituents is 1. The summed E-state index contributed by atoms with van der Waals surface area (Å²) in [7, 11) is 0. The van der Waals surface area contributed by atoms with Crippen molar-refractivity contribution in [3.8, 4) is 5.75 Å². The SMILES string of the molecule is CC(C)(C)c1cc(CP(Br)(c2ccccc2)(c2ccccc2)c2ccccc2)cc(C(C)(C)C)c1O. The molecular weight excluding hydrogens is 523 g/mol. The molecule has 0 fully saturated rings. The number of rotatable bonds is 5. The van der Waals surface area contributed by atoms with E-state index >= 15 is 0 Å². The Kier molecular flexibility index (Phi) is 7.01. The number of hydrogen-bond donors (Lipinski definition) is 1. The van der Waals surface area contributed by atoms with E-state index in [1.807, 2.05) is 0 Å². The summed E-state index contributed by atoms with van der Waals surface area (Å²) in [5.74, 6) is 0.424. The molecule has 4 rings (SSSR count).